The average Bonchev–Trinajstić information content (AvgIpc) is 2.23. The molecule has 6 nitrogen and oxygen atoms in total. The van der Waals surface area contributed by atoms with Crippen LogP contribution in [0.4, 0.5) is 0 Å². The van der Waals surface area contributed by atoms with Gasteiger partial charge in [0.1, 0.15) is 6.04 Å². The maximum Gasteiger partial charge on any atom is 0.242 e. The van der Waals surface area contributed by atoms with Crippen LogP contribution >= 0.6 is 0 Å². The van der Waals surface area contributed by atoms with Crippen LogP contribution in [0.15, 0.2) is 4.99 Å². The number of carbonyl (C=O) groups excluding carboxylic acids is 1. The molecule has 0 aliphatic carbocycles. The van der Waals surface area contributed by atoms with Gasteiger partial charge in [0.05, 0.1) is 0 Å². The normalized spacial score (nSPS) is 13.5. The highest BCUT2D eigenvalue weighted by Gasteiger charge is 2.12. The predicted octanol–water partition coefficient (Wildman–Crippen LogP) is -0.424. The lowest BCUT2D eigenvalue weighted by molar-refractivity contribution is -0.122. The van der Waals surface area contributed by atoms with Crippen molar-refractivity contribution < 1.29 is 4.79 Å². The van der Waals surface area contributed by atoms with Crippen LogP contribution < -0.4 is 21.9 Å². The molecule has 0 aromatic heterocycles. The number of hydrogen-bond acceptors (Lipinski definition) is 3. The predicted molar refractivity (Wildman–Crippen MR) is 65.7 cm³/mol. The van der Waals surface area contributed by atoms with Gasteiger partial charge in [0.15, 0.2) is 0 Å². The number of aliphatic imine (C=N–C) groups is 1. The molecule has 0 aliphatic heterocycles. The number of rotatable bonds is 5. The van der Waals surface area contributed by atoms with Gasteiger partial charge in [0.25, 0.3) is 0 Å². The Morgan fingerprint density at radius 2 is 2.00 bits per heavy atom. The van der Waals surface area contributed by atoms with Gasteiger partial charge in [-0.1, -0.05) is 13.8 Å². The first-order chi connectivity index (χ1) is 7.51. The molecule has 0 bridgehead atoms. The summed E-state index contributed by atoms with van der Waals surface area (Å²) in [6.45, 7) is 9.02. The summed E-state index contributed by atoms with van der Waals surface area (Å²) in [5.74, 6) is 6.12. The third-order valence-corrected chi connectivity index (χ3v) is 1.85. The number of nitrogens with two attached hydrogens (primary N) is 1. The van der Waals surface area contributed by atoms with Gasteiger partial charge in [-0.25, -0.2) is 5.84 Å². The van der Waals surface area contributed by atoms with Gasteiger partial charge >= 0.3 is 0 Å². The molecule has 1 amide bonds. The summed E-state index contributed by atoms with van der Waals surface area (Å²) in [5, 5.41) is 5.62. The number of guanidine groups is 1. The highest BCUT2D eigenvalue weighted by Crippen LogP contribution is 1.91. The summed E-state index contributed by atoms with van der Waals surface area (Å²) in [5.41, 5.74) is 2.44. The van der Waals surface area contributed by atoms with E-state index in [1.807, 2.05) is 6.92 Å². The van der Waals surface area contributed by atoms with E-state index >= 15 is 0 Å². The zero-order chi connectivity index (χ0) is 12.6. The van der Waals surface area contributed by atoms with Crippen molar-refractivity contribution in [3.63, 3.8) is 0 Å². The number of hydrazine groups is 1. The summed E-state index contributed by atoms with van der Waals surface area (Å²) in [7, 11) is 0. The van der Waals surface area contributed by atoms with Crippen LogP contribution in [-0.2, 0) is 4.79 Å². The van der Waals surface area contributed by atoms with Crippen LogP contribution in [-0.4, -0.2) is 31.0 Å². The van der Waals surface area contributed by atoms with Crippen molar-refractivity contribution >= 4 is 11.9 Å². The SMILES string of the molecule is CCNC(=O)C(C)NC(=NCC(C)C)NN. The highest BCUT2D eigenvalue weighted by atomic mass is 16.2. The first-order valence-corrected chi connectivity index (χ1v) is 5.56. The van der Waals surface area contributed by atoms with Crippen molar-refractivity contribution in [1.29, 1.82) is 0 Å². The van der Waals surface area contributed by atoms with Crippen molar-refractivity contribution in [2.24, 2.45) is 16.8 Å². The Balaban J connectivity index is 4.20. The largest absolute Gasteiger partial charge is 0.355 e. The van der Waals surface area contributed by atoms with Gasteiger partial charge in [-0.05, 0) is 19.8 Å². The molecule has 1 unspecified atom stereocenters. The number of nitrogens with zero attached hydrogens (tertiary/aromatic N) is 1. The lowest BCUT2D eigenvalue weighted by Crippen LogP contribution is -2.51. The van der Waals surface area contributed by atoms with E-state index in [9.17, 15) is 4.79 Å². The molecule has 0 saturated heterocycles. The zero-order valence-electron chi connectivity index (χ0n) is 10.5. The second kappa shape index (κ2) is 7.92. The maximum absolute atomic E-state index is 11.4. The number of likely N-dealkylation sites (N-methyl/N-ethyl adjacent to an activating group) is 1. The van der Waals surface area contributed by atoms with Crippen LogP contribution in [0.2, 0.25) is 0 Å². The molecule has 6 heteroatoms. The van der Waals surface area contributed by atoms with Crippen LogP contribution in [0.3, 0.4) is 0 Å². The lowest BCUT2D eigenvalue weighted by Gasteiger charge is -2.16. The van der Waals surface area contributed by atoms with Gasteiger partial charge < -0.3 is 10.6 Å². The van der Waals surface area contributed by atoms with Crippen LogP contribution in [0.25, 0.3) is 0 Å². The summed E-state index contributed by atoms with van der Waals surface area (Å²) in [4.78, 5) is 15.6. The Labute approximate surface area is 97.0 Å². The fourth-order valence-corrected chi connectivity index (χ4v) is 1.00. The highest BCUT2D eigenvalue weighted by molar-refractivity contribution is 5.88. The van der Waals surface area contributed by atoms with Crippen molar-refractivity contribution in [3.8, 4) is 0 Å². The summed E-state index contributed by atoms with van der Waals surface area (Å²) in [6.07, 6.45) is 0. The number of nitrogens with one attached hydrogen (secondary N) is 3. The van der Waals surface area contributed by atoms with E-state index in [4.69, 9.17) is 5.84 Å². The van der Waals surface area contributed by atoms with Crippen molar-refractivity contribution in [2.45, 2.75) is 33.7 Å². The number of amides is 1. The Hall–Kier alpha value is -1.30. The zero-order valence-corrected chi connectivity index (χ0v) is 10.5. The molecule has 0 aromatic rings. The quantitative estimate of drug-likeness (QED) is 0.223. The monoisotopic (exact) mass is 229 g/mol. The van der Waals surface area contributed by atoms with Crippen molar-refractivity contribution in [1.82, 2.24) is 16.1 Å². The molecule has 0 radical (unpaired) electrons. The van der Waals surface area contributed by atoms with E-state index in [2.05, 4.69) is 34.9 Å². The lowest BCUT2D eigenvalue weighted by atomic mass is 10.2. The van der Waals surface area contributed by atoms with Gasteiger partial charge in [0, 0.05) is 13.1 Å². The maximum atomic E-state index is 11.4. The first kappa shape index (κ1) is 14.7. The molecule has 0 saturated carbocycles. The average molecular weight is 229 g/mol. The van der Waals surface area contributed by atoms with Gasteiger partial charge in [-0.2, -0.15) is 0 Å². The molecule has 0 aliphatic rings. The van der Waals surface area contributed by atoms with Crippen molar-refractivity contribution in [3.05, 3.63) is 0 Å². The minimum Gasteiger partial charge on any atom is -0.355 e. The van der Waals surface area contributed by atoms with Gasteiger partial charge in [-0.15, -0.1) is 0 Å². The second-order valence-electron chi connectivity index (χ2n) is 3.99. The molecule has 0 rings (SSSR count). The Morgan fingerprint density at radius 1 is 1.38 bits per heavy atom. The topological polar surface area (TPSA) is 91.5 Å². The summed E-state index contributed by atoms with van der Waals surface area (Å²) in [6, 6.07) is -0.359. The molecular formula is C10H23N5O. The molecule has 16 heavy (non-hydrogen) atoms. The minimum atomic E-state index is -0.359. The molecule has 0 heterocycles. The summed E-state index contributed by atoms with van der Waals surface area (Å²) >= 11 is 0. The number of carbonyl (C=O) groups is 1. The Morgan fingerprint density at radius 3 is 2.44 bits per heavy atom. The van der Waals surface area contributed by atoms with Crippen LogP contribution in [0, 0.1) is 5.92 Å². The third-order valence-electron chi connectivity index (χ3n) is 1.85. The van der Waals surface area contributed by atoms with E-state index < -0.39 is 0 Å². The molecule has 94 valence electrons. The molecular weight excluding hydrogens is 206 g/mol. The second-order valence-corrected chi connectivity index (χ2v) is 3.99. The minimum absolute atomic E-state index is 0.0741. The fraction of sp³-hybridized carbons (Fsp3) is 0.800. The van der Waals surface area contributed by atoms with Crippen molar-refractivity contribution in [2.75, 3.05) is 13.1 Å². The Kier molecular flexibility index (Phi) is 7.28. The molecule has 0 fully saturated rings. The van der Waals surface area contributed by atoms with E-state index in [0.29, 0.717) is 25.0 Å². The first-order valence-electron chi connectivity index (χ1n) is 5.56. The third kappa shape index (κ3) is 6.23. The smallest absolute Gasteiger partial charge is 0.242 e. The van der Waals surface area contributed by atoms with E-state index in [1.54, 1.807) is 6.92 Å². The van der Waals surface area contributed by atoms with Crippen LogP contribution in [0.1, 0.15) is 27.7 Å². The number of hydrogen-bond donors (Lipinski definition) is 4. The van der Waals surface area contributed by atoms with Gasteiger partial charge in [-0.3, -0.25) is 15.2 Å². The molecule has 5 N–H and O–H groups in total. The summed E-state index contributed by atoms with van der Waals surface area (Å²) < 4.78 is 0. The van der Waals surface area contributed by atoms with Crippen LogP contribution in [0.5, 0.6) is 0 Å². The molecule has 0 aromatic carbocycles. The molecule has 1 atom stereocenters. The Bertz CT molecular complexity index is 239. The van der Waals surface area contributed by atoms with E-state index in [-0.39, 0.29) is 11.9 Å². The van der Waals surface area contributed by atoms with E-state index in [0.717, 1.165) is 0 Å². The molecule has 0 spiro atoms. The van der Waals surface area contributed by atoms with E-state index in [1.165, 1.54) is 0 Å². The standard InChI is InChI=1S/C10H23N5O/c1-5-12-9(16)8(4)14-10(15-11)13-6-7(2)3/h7-8H,5-6,11H2,1-4H3,(H,12,16)(H2,13,14,15). The van der Waals surface area contributed by atoms with Gasteiger partial charge in [0.2, 0.25) is 11.9 Å². The fourth-order valence-electron chi connectivity index (χ4n) is 1.00.